The van der Waals surface area contributed by atoms with Crippen molar-refractivity contribution < 1.29 is 13.2 Å². The number of hydrogen-bond donors (Lipinski definition) is 1. The van der Waals surface area contributed by atoms with Crippen molar-refractivity contribution in [2.24, 2.45) is 0 Å². The molecule has 0 aliphatic carbocycles. The summed E-state index contributed by atoms with van der Waals surface area (Å²) in [5.74, 6) is 0.563. The zero-order valence-corrected chi connectivity index (χ0v) is 15.7. The summed E-state index contributed by atoms with van der Waals surface area (Å²) in [6.45, 7) is 4.47. The number of benzene rings is 1. The van der Waals surface area contributed by atoms with Crippen LogP contribution in [0.1, 0.15) is 29.4 Å². The third kappa shape index (κ3) is 4.01. The van der Waals surface area contributed by atoms with E-state index in [0.29, 0.717) is 18.8 Å². The van der Waals surface area contributed by atoms with Gasteiger partial charge < -0.3 is 10.2 Å². The minimum absolute atomic E-state index is 0.118. The van der Waals surface area contributed by atoms with Crippen molar-refractivity contribution in [2.75, 3.05) is 28.3 Å². The van der Waals surface area contributed by atoms with Crippen molar-refractivity contribution in [3.8, 4) is 0 Å². The van der Waals surface area contributed by atoms with E-state index >= 15 is 0 Å². The SMILES string of the molecule is CCN(c1cc(C(=O)Nc2ccccc2C)ncn1)C1CCS(=O)(=O)C1. The van der Waals surface area contributed by atoms with E-state index in [4.69, 9.17) is 0 Å². The first-order valence-corrected chi connectivity index (χ1v) is 10.4. The van der Waals surface area contributed by atoms with Gasteiger partial charge in [-0.25, -0.2) is 18.4 Å². The molecule has 1 amide bonds. The molecule has 1 aliphatic heterocycles. The molecule has 1 aromatic carbocycles. The first-order chi connectivity index (χ1) is 12.4. The predicted molar refractivity (Wildman–Crippen MR) is 101 cm³/mol. The maximum Gasteiger partial charge on any atom is 0.274 e. The van der Waals surface area contributed by atoms with Crippen molar-refractivity contribution >= 4 is 27.2 Å². The average molecular weight is 374 g/mol. The maximum atomic E-state index is 12.5. The summed E-state index contributed by atoms with van der Waals surface area (Å²) >= 11 is 0. The summed E-state index contributed by atoms with van der Waals surface area (Å²) in [6.07, 6.45) is 1.92. The third-order valence-corrected chi connectivity index (χ3v) is 6.31. The van der Waals surface area contributed by atoms with Crippen molar-refractivity contribution in [3.05, 3.63) is 47.9 Å². The standard InChI is InChI=1S/C18H22N4O3S/c1-3-22(14-8-9-26(24,25)11-14)17-10-16(19-12-20-17)18(23)21-15-7-5-4-6-13(15)2/h4-7,10,12,14H,3,8-9,11H2,1-2H3,(H,21,23). The smallest absolute Gasteiger partial charge is 0.274 e. The number of sulfone groups is 1. The maximum absolute atomic E-state index is 12.5. The molecule has 1 aliphatic rings. The lowest BCUT2D eigenvalue weighted by Crippen LogP contribution is -2.37. The molecule has 26 heavy (non-hydrogen) atoms. The molecular formula is C18H22N4O3S. The molecule has 8 heteroatoms. The van der Waals surface area contributed by atoms with Gasteiger partial charge in [0.25, 0.3) is 5.91 Å². The Kier molecular flexibility index (Phi) is 5.22. The topological polar surface area (TPSA) is 92.3 Å². The van der Waals surface area contributed by atoms with Gasteiger partial charge in [-0.1, -0.05) is 18.2 Å². The zero-order chi connectivity index (χ0) is 18.7. The Morgan fingerprint density at radius 1 is 1.31 bits per heavy atom. The van der Waals surface area contributed by atoms with Gasteiger partial charge in [0.15, 0.2) is 9.84 Å². The van der Waals surface area contributed by atoms with Gasteiger partial charge in [0, 0.05) is 24.3 Å². The third-order valence-electron chi connectivity index (χ3n) is 4.56. The molecule has 2 aromatic rings. The lowest BCUT2D eigenvalue weighted by molar-refractivity contribution is 0.102. The van der Waals surface area contributed by atoms with E-state index in [1.807, 2.05) is 43.0 Å². The number of carbonyl (C=O) groups is 1. The number of anilines is 2. The summed E-state index contributed by atoms with van der Waals surface area (Å²) in [4.78, 5) is 22.8. The van der Waals surface area contributed by atoms with Crippen LogP contribution in [-0.4, -0.2) is 48.4 Å². The van der Waals surface area contributed by atoms with Crippen molar-refractivity contribution in [1.82, 2.24) is 9.97 Å². The molecule has 1 unspecified atom stereocenters. The Morgan fingerprint density at radius 3 is 2.73 bits per heavy atom. The van der Waals surface area contributed by atoms with Crippen molar-refractivity contribution in [2.45, 2.75) is 26.3 Å². The Labute approximate surface area is 153 Å². The molecule has 0 saturated carbocycles. The fourth-order valence-corrected chi connectivity index (χ4v) is 4.89. The normalized spacial score (nSPS) is 18.5. The molecule has 0 radical (unpaired) electrons. The molecule has 138 valence electrons. The van der Waals surface area contributed by atoms with E-state index in [2.05, 4.69) is 15.3 Å². The molecule has 1 aromatic heterocycles. The summed E-state index contributed by atoms with van der Waals surface area (Å²) in [7, 11) is -2.99. The van der Waals surface area contributed by atoms with E-state index in [0.717, 1.165) is 11.3 Å². The number of carbonyl (C=O) groups excluding carboxylic acids is 1. The van der Waals surface area contributed by atoms with Crippen LogP contribution in [0.15, 0.2) is 36.7 Å². The zero-order valence-electron chi connectivity index (χ0n) is 14.8. The molecule has 0 bridgehead atoms. The quantitative estimate of drug-likeness (QED) is 0.861. The van der Waals surface area contributed by atoms with E-state index in [-0.39, 0.29) is 29.1 Å². The Hall–Kier alpha value is -2.48. The van der Waals surface area contributed by atoms with Crippen LogP contribution in [0.3, 0.4) is 0 Å². The molecule has 1 atom stereocenters. The molecule has 1 fully saturated rings. The van der Waals surface area contributed by atoms with E-state index in [9.17, 15) is 13.2 Å². The summed E-state index contributed by atoms with van der Waals surface area (Å²) < 4.78 is 23.6. The fraction of sp³-hybridized carbons (Fsp3) is 0.389. The number of nitrogens with one attached hydrogen (secondary N) is 1. The highest BCUT2D eigenvalue weighted by molar-refractivity contribution is 7.91. The molecule has 1 N–H and O–H groups in total. The van der Waals surface area contributed by atoms with Crippen molar-refractivity contribution in [1.29, 1.82) is 0 Å². The second-order valence-electron chi connectivity index (χ2n) is 6.37. The number of aryl methyl sites for hydroxylation is 1. The number of aromatic nitrogens is 2. The monoisotopic (exact) mass is 374 g/mol. The number of hydrogen-bond acceptors (Lipinski definition) is 6. The van der Waals surface area contributed by atoms with Gasteiger partial charge >= 0.3 is 0 Å². The van der Waals surface area contributed by atoms with Gasteiger partial charge in [-0.15, -0.1) is 0 Å². The second kappa shape index (κ2) is 7.41. The van der Waals surface area contributed by atoms with Gasteiger partial charge in [0.05, 0.1) is 11.5 Å². The highest BCUT2D eigenvalue weighted by Crippen LogP contribution is 2.23. The fourth-order valence-electron chi connectivity index (χ4n) is 3.16. The van der Waals surface area contributed by atoms with Crippen LogP contribution in [-0.2, 0) is 9.84 Å². The first-order valence-electron chi connectivity index (χ1n) is 8.55. The minimum atomic E-state index is -2.99. The average Bonchev–Trinajstić information content (AvgIpc) is 2.97. The molecule has 2 heterocycles. The number of nitrogens with zero attached hydrogens (tertiary/aromatic N) is 3. The predicted octanol–water partition coefficient (Wildman–Crippen LogP) is 2.05. The molecule has 7 nitrogen and oxygen atoms in total. The van der Waals surface area contributed by atoms with Gasteiger partial charge in [0.2, 0.25) is 0 Å². The van der Waals surface area contributed by atoms with Crippen LogP contribution in [0, 0.1) is 6.92 Å². The summed E-state index contributed by atoms with van der Waals surface area (Å²) in [5, 5.41) is 2.85. The number of para-hydroxylation sites is 1. The lowest BCUT2D eigenvalue weighted by atomic mass is 10.2. The van der Waals surface area contributed by atoms with Gasteiger partial charge in [-0.05, 0) is 31.9 Å². The van der Waals surface area contributed by atoms with Gasteiger partial charge in [-0.3, -0.25) is 4.79 Å². The molecule has 0 spiro atoms. The highest BCUT2D eigenvalue weighted by atomic mass is 32.2. The Balaban J connectivity index is 1.81. The minimum Gasteiger partial charge on any atom is -0.353 e. The summed E-state index contributed by atoms with van der Waals surface area (Å²) in [5.41, 5.74) is 1.94. The van der Waals surface area contributed by atoms with E-state index < -0.39 is 9.84 Å². The van der Waals surface area contributed by atoms with Crippen LogP contribution in [0.2, 0.25) is 0 Å². The van der Waals surface area contributed by atoms with Crippen LogP contribution >= 0.6 is 0 Å². The number of amides is 1. The van der Waals surface area contributed by atoms with Crippen LogP contribution in [0.4, 0.5) is 11.5 Å². The summed E-state index contributed by atoms with van der Waals surface area (Å²) in [6, 6.07) is 9.00. The lowest BCUT2D eigenvalue weighted by Gasteiger charge is -2.27. The molecule has 1 saturated heterocycles. The first kappa shape index (κ1) is 18.3. The largest absolute Gasteiger partial charge is 0.353 e. The molecular weight excluding hydrogens is 352 g/mol. The Bertz CT molecular complexity index is 914. The van der Waals surface area contributed by atoms with Crippen LogP contribution in [0.5, 0.6) is 0 Å². The van der Waals surface area contributed by atoms with E-state index in [1.165, 1.54) is 6.33 Å². The molecule has 3 rings (SSSR count). The van der Waals surface area contributed by atoms with Crippen molar-refractivity contribution in [3.63, 3.8) is 0 Å². The van der Waals surface area contributed by atoms with Crippen LogP contribution < -0.4 is 10.2 Å². The van der Waals surface area contributed by atoms with Crippen LogP contribution in [0.25, 0.3) is 0 Å². The van der Waals surface area contributed by atoms with Gasteiger partial charge in [0.1, 0.15) is 17.8 Å². The Morgan fingerprint density at radius 2 is 2.08 bits per heavy atom. The second-order valence-corrected chi connectivity index (χ2v) is 8.60. The number of rotatable bonds is 5. The highest BCUT2D eigenvalue weighted by Gasteiger charge is 2.32. The van der Waals surface area contributed by atoms with E-state index in [1.54, 1.807) is 6.07 Å². The van der Waals surface area contributed by atoms with Gasteiger partial charge in [-0.2, -0.15) is 0 Å².